The topological polar surface area (TPSA) is 52.0 Å². The van der Waals surface area contributed by atoms with Crippen molar-refractivity contribution in [1.29, 1.82) is 5.26 Å². The van der Waals surface area contributed by atoms with Crippen LogP contribution in [0.2, 0.25) is 0 Å². The second kappa shape index (κ2) is 6.46. The number of alkyl halides is 3. The molecular weight excluding hydrogens is 269 g/mol. The summed E-state index contributed by atoms with van der Waals surface area (Å²) in [5.74, 6) is 0.367. The van der Waals surface area contributed by atoms with Gasteiger partial charge in [-0.3, -0.25) is 0 Å². The van der Waals surface area contributed by atoms with E-state index < -0.39 is 11.7 Å². The predicted octanol–water partition coefficient (Wildman–Crippen LogP) is 3.27. The van der Waals surface area contributed by atoms with E-state index in [9.17, 15) is 13.2 Å². The fourth-order valence-corrected chi connectivity index (χ4v) is 1.76. The van der Waals surface area contributed by atoms with Crippen molar-refractivity contribution in [1.82, 2.24) is 4.98 Å². The number of halogens is 3. The molecule has 1 heterocycles. The smallest absolute Gasteiger partial charge is 0.373 e. The second-order valence-corrected chi connectivity index (χ2v) is 4.54. The van der Waals surface area contributed by atoms with Crippen LogP contribution in [0.4, 0.5) is 24.8 Å². The Bertz CT molecular complexity index is 491. The van der Waals surface area contributed by atoms with Gasteiger partial charge >= 0.3 is 6.18 Å². The van der Waals surface area contributed by atoms with Crippen molar-refractivity contribution in [3.05, 3.63) is 17.7 Å². The van der Waals surface area contributed by atoms with Gasteiger partial charge in [0.1, 0.15) is 11.6 Å². The van der Waals surface area contributed by atoms with E-state index in [0.29, 0.717) is 6.54 Å². The number of nitrogens with one attached hydrogen (secondary N) is 1. The van der Waals surface area contributed by atoms with Crippen LogP contribution >= 0.6 is 0 Å². The number of aromatic nitrogens is 1. The summed E-state index contributed by atoms with van der Waals surface area (Å²) in [7, 11) is 1.52. The average molecular weight is 286 g/mol. The Labute approximate surface area is 116 Å². The third-order valence-electron chi connectivity index (χ3n) is 2.78. The highest BCUT2D eigenvalue weighted by Gasteiger charge is 2.32. The van der Waals surface area contributed by atoms with Crippen molar-refractivity contribution in [2.45, 2.75) is 32.5 Å². The third kappa shape index (κ3) is 4.02. The zero-order valence-electron chi connectivity index (χ0n) is 11.6. The molecule has 110 valence electrons. The Morgan fingerprint density at radius 3 is 2.50 bits per heavy atom. The minimum absolute atomic E-state index is 0.0518. The van der Waals surface area contributed by atoms with E-state index in [1.165, 1.54) is 7.05 Å². The Morgan fingerprint density at radius 2 is 2.05 bits per heavy atom. The van der Waals surface area contributed by atoms with Crippen molar-refractivity contribution in [3.63, 3.8) is 0 Å². The molecule has 1 N–H and O–H groups in total. The van der Waals surface area contributed by atoms with Crippen LogP contribution in [-0.4, -0.2) is 24.6 Å². The molecule has 20 heavy (non-hydrogen) atoms. The molecule has 1 rings (SSSR count). The van der Waals surface area contributed by atoms with Crippen LogP contribution in [0.3, 0.4) is 0 Å². The molecule has 0 aliphatic carbocycles. The first-order valence-electron chi connectivity index (χ1n) is 6.20. The van der Waals surface area contributed by atoms with Crippen LogP contribution in [-0.2, 0) is 6.18 Å². The first kappa shape index (κ1) is 16.1. The number of nitrogens with zero attached hydrogens (tertiary/aromatic N) is 3. The average Bonchev–Trinajstić information content (AvgIpc) is 2.37. The SMILES string of the molecule is CNc1cc(C(F)(F)F)cc(N(CCC#N)C(C)C)n1. The molecule has 0 unspecified atom stereocenters. The van der Waals surface area contributed by atoms with Crippen molar-refractivity contribution in [3.8, 4) is 6.07 Å². The van der Waals surface area contributed by atoms with E-state index in [1.54, 1.807) is 4.90 Å². The van der Waals surface area contributed by atoms with Crippen molar-refractivity contribution < 1.29 is 13.2 Å². The zero-order valence-corrected chi connectivity index (χ0v) is 11.6. The molecule has 0 bridgehead atoms. The highest BCUT2D eigenvalue weighted by atomic mass is 19.4. The van der Waals surface area contributed by atoms with Crippen molar-refractivity contribution >= 4 is 11.6 Å². The van der Waals surface area contributed by atoms with Gasteiger partial charge in [0.25, 0.3) is 0 Å². The number of anilines is 2. The molecule has 1 aromatic rings. The summed E-state index contributed by atoms with van der Waals surface area (Å²) in [4.78, 5) is 5.83. The predicted molar refractivity (Wildman–Crippen MR) is 71.5 cm³/mol. The van der Waals surface area contributed by atoms with Crippen LogP contribution < -0.4 is 10.2 Å². The van der Waals surface area contributed by atoms with Gasteiger partial charge in [0.15, 0.2) is 0 Å². The summed E-state index contributed by atoms with van der Waals surface area (Å²) in [5.41, 5.74) is -0.755. The van der Waals surface area contributed by atoms with Crippen molar-refractivity contribution in [2.75, 3.05) is 23.8 Å². The maximum Gasteiger partial charge on any atom is 0.416 e. The van der Waals surface area contributed by atoms with E-state index in [0.717, 1.165) is 12.1 Å². The van der Waals surface area contributed by atoms with Gasteiger partial charge in [0, 0.05) is 19.6 Å². The van der Waals surface area contributed by atoms with Crippen LogP contribution in [0.1, 0.15) is 25.8 Å². The van der Waals surface area contributed by atoms with Gasteiger partial charge in [0.05, 0.1) is 18.1 Å². The fourth-order valence-electron chi connectivity index (χ4n) is 1.76. The van der Waals surface area contributed by atoms with Gasteiger partial charge in [-0.2, -0.15) is 18.4 Å². The number of pyridine rings is 1. The van der Waals surface area contributed by atoms with Crippen LogP contribution in [0, 0.1) is 11.3 Å². The number of nitriles is 1. The highest BCUT2D eigenvalue weighted by Crippen LogP contribution is 2.33. The quantitative estimate of drug-likeness (QED) is 0.902. The lowest BCUT2D eigenvalue weighted by molar-refractivity contribution is -0.137. The maximum absolute atomic E-state index is 12.9. The Balaban J connectivity index is 3.24. The second-order valence-electron chi connectivity index (χ2n) is 4.54. The molecule has 0 saturated carbocycles. The van der Waals surface area contributed by atoms with Crippen LogP contribution in [0.5, 0.6) is 0 Å². The largest absolute Gasteiger partial charge is 0.416 e. The third-order valence-corrected chi connectivity index (χ3v) is 2.78. The molecule has 0 aromatic carbocycles. The standard InChI is InChI=1S/C13H17F3N4/c1-9(2)20(6-4-5-17)12-8-10(13(14,15)16)7-11(18-3)19-12/h7-9H,4,6H2,1-3H3,(H,18,19). The Hall–Kier alpha value is -1.97. The molecule has 0 aliphatic rings. The van der Waals surface area contributed by atoms with E-state index in [1.807, 2.05) is 19.9 Å². The monoisotopic (exact) mass is 286 g/mol. The molecule has 0 spiro atoms. The molecule has 0 radical (unpaired) electrons. The summed E-state index contributed by atoms with van der Waals surface area (Å²) < 4.78 is 38.6. The summed E-state index contributed by atoms with van der Waals surface area (Å²) in [5, 5.41) is 11.3. The number of hydrogen-bond donors (Lipinski definition) is 1. The molecule has 7 heteroatoms. The zero-order chi connectivity index (χ0) is 15.3. The molecule has 0 saturated heterocycles. The van der Waals surface area contributed by atoms with Crippen molar-refractivity contribution in [2.24, 2.45) is 0 Å². The first-order valence-corrected chi connectivity index (χ1v) is 6.20. The lowest BCUT2D eigenvalue weighted by atomic mass is 10.2. The first-order chi connectivity index (χ1) is 9.29. The highest BCUT2D eigenvalue weighted by molar-refractivity contribution is 5.51. The van der Waals surface area contributed by atoms with Gasteiger partial charge in [-0.25, -0.2) is 4.98 Å². The minimum atomic E-state index is -4.43. The lowest BCUT2D eigenvalue weighted by Gasteiger charge is -2.28. The minimum Gasteiger partial charge on any atom is -0.373 e. The van der Waals surface area contributed by atoms with Crippen LogP contribution in [0.25, 0.3) is 0 Å². The maximum atomic E-state index is 12.9. The number of hydrogen-bond acceptors (Lipinski definition) is 4. The van der Waals surface area contributed by atoms with Crippen LogP contribution in [0.15, 0.2) is 12.1 Å². The van der Waals surface area contributed by atoms with Gasteiger partial charge in [-0.05, 0) is 26.0 Å². The Morgan fingerprint density at radius 1 is 1.40 bits per heavy atom. The summed E-state index contributed by atoms with van der Waals surface area (Å²) >= 11 is 0. The molecule has 0 amide bonds. The van der Waals surface area contributed by atoms with Gasteiger partial charge in [0.2, 0.25) is 0 Å². The van der Waals surface area contributed by atoms with Gasteiger partial charge < -0.3 is 10.2 Å². The van der Waals surface area contributed by atoms with E-state index >= 15 is 0 Å². The molecule has 1 aromatic heterocycles. The summed E-state index contributed by atoms with van der Waals surface area (Å²) in [6.07, 6.45) is -4.20. The normalized spacial score (nSPS) is 11.3. The number of rotatable bonds is 5. The van der Waals surface area contributed by atoms with Gasteiger partial charge in [-0.1, -0.05) is 0 Å². The molecule has 0 aliphatic heterocycles. The van der Waals surface area contributed by atoms with Gasteiger partial charge in [-0.15, -0.1) is 0 Å². The Kier molecular flexibility index (Phi) is 5.19. The fraction of sp³-hybridized carbons (Fsp3) is 0.538. The molecular formula is C13H17F3N4. The summed E-state index contributed by atoms with van der Waals surface area (Å²) in [6, 6.07) is 3.91. The lowest BCUT2D eigenvalue weighted by Crippen LogP contribution is -2.32. The molecule has 0 atom stereocenters. The van der Waals surface area contributed by atoms with E-state index in [4.69, 9.17) is 5.26 Å². The van der Waals surface area contributed by atoms with E-state index in [2.05, 4.69) is 10.3 Å². The summed E-state index contributed by atoms with van der Waals surface area (Å²) in [6.45, 7) is 4.03. The molecule has 0 fully saturated rings. The molecule has 4 nitrogen and oxygen atoms in total. The van der Waals surface area contributed by atoms with E-state index in [-0.39, 0.29) is 24.1 Å².